The summed E-state index contributed by atoms with van der Waals surface area (Å²) >= 11 is 0. The highest BCUT2D eigenvalue weighted by molar-refractivity contribution is 6.05. The molecule has 0 saturated carbocycles. The number of anilines is 1. The van der Waals surface area contributed by atoms with Crippen LogP contribution in [0.4, 0.5) is 11.4 Å². The van der Waals surface area contributed by atoms with E-state index in [0.29, 0.717) is 5.56 Å². The van der Waals surface area contributed by atoms with E-state index < -0.39 is 4.92 Å². The zero-order valence-electron chi connectivity index (χ0n) is 11.3. The largest absolute Gasteiger partial charge is 0.305 e. The summed E-state index contributed by atoms with van der Waals surface area (Å²) in [7, 11) is 1.64. The molecule has 21 heavy (non-hydrogen) atoms. The molecule has 5 nitrogen and oxygen atoms in total. The Kier molecular flexibility index (Phi) is 4.32. The number of benzene rings is 2. The Hall–Kier alpha value is -3.13. The molecule has 0 atom stereocenters. The average molecular weight is 280 g/mol. The lowest BCUT2D eigenvalue weighted by molar-refractivity contribution is -0.384. The van der Waals surface area contributed by atoms with E-state index in [0.717, 1.165) is 5.69 Å². The summed E-state index contributed by atoms with van der Waals surface area (Å²) < 4.78 is 0. The minimum absolute atomic E-state index is 0.00622. The van der Waals surface area contributed by atoms with Crippen LogP contribution in [0, 0.1) is 22.0 Å². The number of hydrogen-bond donors (Lipinski definition) is 0. The van der Waals surface area contributed by atoms with E-state index in [4.69, 9.17) is 0 Å². The van der Waals surface area contributed by atoms with Gasteiger partial charge in [-0.2, -0.15) is 0 Å². The molecule has 0 bridgehead atoms. The van der Waals surface area contributed by atoms with Gasteiger partial charge in [0.05, 0.1) is 4.92 Å². The van der Waals surface area contributed by atoms with Crippen LogP contribution in [0.5, 0.6) is 0 Å². The Morgan fingerprint density at radius 3 is 2.29 bits per heavy atom. The van der Waals surface area contributed by atoms with Crippen molar-refractivity contribution in [2.75, 3.05) is 11.9 Å². The molecule has 0 aliphatic rings. The molecule has 0 N–H and O–H groups in total. The van der Waals surface area contributed by atoms with Gasteiger partial charge in [0.25, 0.3) is 5.69 Å². The number of amides is 1. The number of carbonyl (C=O) groups is 1. The Morgan fingerprint density at radius 2 is 1.71 bits per heavy atom. The second-order valence-electron chi connectivity index (χ2n) is 4.25. The third-order valence-electron chi connectivity index (χ3n) is 2.84. The van der Waals surface area contributed by atoms with Gasteiger partial charge in [0.15, 0.2) is 0 Å². The van der Waals surface area contributed by atoms with Crippen LogP contribution < -0.4 is 4.90 Å². The fourth-order valence-corrected chi connectivity index (χ4v) is 1.64. The molecule has 0 spiro atoms. The van der Waals surface area contributed by atoms with Crippen LogP contribution in [0.25, 0.3) is 0 Å². The van der Waals surface area contributed by atoms with Crippen molar-refractivity contribution in [3.05, 3.63) is 70.3 Å². The lowest BCUT2D eigenvalue weighted by Crippen LogP contribution is -2.24. The van der Waals surface area contributed by atoms with Crippen LogP contribution in [0.15, 0.2) is 54.6 Å². The molecule has 0 heterocycles. The molecule has 0 unspecified atom stereocenters. The van der Waals surface area contributed by atoms with Gasteiger partial charge in [-0.1, -0.05) is 24.1 Å². The third kappa shape index (κ3) is 3.67. The van der Waals surface area contributed by atoms with Crippen molar-refractivity contribution in [1.29, 1.82) is 0 Å². The van der Waals surface area contributed by atoms with Gasteiger partial charge in [-0.15, -0.1) is 0 Å². The number of non-ortho nitro benzene ring substituents is 1. The second-order valence-corrected chi connectivity index (χ2v) is 4.25. The number of hydrogen-bond acceptors (Lipinski definition) is 3. The number of carbonyl (C=O) groups excluding carboxylic acids is 1. The summed E-state index contributed by atoms with van der Waals surface area (Å²) in [6.07, 6.45) is 0. The fourth-order valence-electron chi connectivity index (χ4n) is 1.64. The molecule has 2 aromatic carbocycles. The van der Waals surface area contributed by atoms with Crippen LogP contribution in [0.2, 0.25) is 0 Å². The van der Waals surface area contributed by atoms with Gasteiger partial charge >= 0.3 is 5.91 Å². The maximum atomic E-state index is 11.9. The lowest BCUT2D eigenvalue weighted by atomic mass is 10.2. The predicted molar refractivity (Wildman–Crippen MR) is 79.8 cm³/mol. The maximum absolute atomic E-state index is 11.9. The summed E-state index contributed by atoms with van der Waals surface area (Å²) in [5.41, 5.74) is 1.30. The highest BCUT2D eigenvalue weighted by Crippen LogP contribution is 2.12. The molecular formula is C16H12N2O3. The first-order valence-electron chi connectivity index (χ1n) is 6.17. The number of nitro benzene ring substituents is 1. The van der Waals surface area contributed by atoms with Gasteiger partial charge in [-0.3, -0.25) is 14.9 Å². The van der Waals surface area contributed by atoms with Crippen molar-refractivity contribution in [3.63, 3.8) is 0 Å². The van der Waals surface area contributed by atoms with Gasteiger partial charge in [-0.05, 0) is 24.3 Å². The van der Waals surface area contributed by atoms with Crippen molar-refractivity contribution >= 4 is 17.3 Å². The molecule has 0 aliphatic carbocycles. The normalized spacial score (nSPS) is 9.38. The standard InChI is InChI=1S/C16H12N2O3/c1-17(14-5-3-2-4-6-14)16(19)12-9-13-7-10-15(11-8-13)18(20)21/h2-8,10-11H,1H3. The first-order valence-corrected chi connectivity index (χ1v) is 6.17. The first-order chi connectivity index (χ1) is 10.1. The van der Waals surface area contributed by atoms with Gasteiger partial charge in [0.1, 0.15) is 0 Å². The lowest BCUT2D eigenvalue weighted by Gasteiger charge is -2.13. The molecular weight excluding hydrogens is 268 g/mol. The molecule has 2 aromatic rings. The minimum Gasteiger partial charge on any atom is -0.305 e. The zero-order chi connectivity index (χ0) is 15.2. The Bertz CT molecular complexity index is 713. The van der Waals surface area contributed by atoms with E-state index >= 15 is 0 Å². The van der Waals surface area contributed by atoms with E-state index in [9.17, 15) is 14.9 Å². The van der Waals surface area contributed by atoms with Crippen molar-refractivity contribution < 1.29 is 9.72 Å². The van der Waals surface area contributed by atoms with Gasteiger partial charge in [-0.25, -0.2) is 0 Å². The Morgan fingerprint density at radius 1 is 1.10 bits per heavy atom. The van der Waals surface area contributed by atoms with Crippen molar-refractivity contribution in [1.82, 2.24) is 0 Å². The fraction of sp³-hybridized carbons (Fsp3) is 0.0625. The number of nitrogens with zero attached hydrogens (tertiary/aromatic N) is 2. The van der Waals surface area contributed by atoms with E-state index in [1.54, 1.807) is 7.05 Å². The molecule has 104 valence electrons. The molecule has 0 aromatic heterocycles. The summed E-state index contributed by atoms with van der Waals surface area (Å²) in [5, 5.41) is 10.5. The van der Waals surface area contributed by atoms with E-state index in [2.05, 4.69) is 11.8 Å². The van der Waals surface area contributed by atoms with Crippen molar-refractivity contribution in [2.24, 2.45) is 0 Å². The van der Waals surface area contributed by atoms with Gasteiger partial charge in [0, 0.05) is 36.4 Å². The monoisotopic (exact) mass is 280 g/mol. The van der Waals surface area contributed by atoms with Crippen LogP contribution in [-0.4, -0.2) is 17.9 Å². The molecule has 0 fully saturated rings. The molecule has 5 heteroatoms. The quantitative estimate of drug-likeness (QED) is 0.482. The van der Waals surface area contributed by atoms with Gasteiger partial charge < -0.3 is 4.90 Å². The van der Waals surface area contributed by atoms with Crippen LogP contribution in [-0.2, 0) is 4.79 Å². The van der Waals surface area contributed by atoms with Crippen LogP contribution >= 0.6 is 0 Å². The molecule has 0 saturated heterocycles. The molecule has 2 rings (SSSR count). The second kappa shape index (κ2) is 6.35. The van der Waals surface area contributed by atoms with Crippen molar-refractivity contribution in [3.8, 4) is 11.8 Å². The minimum atomic E-state index is -0.481. The third-order valence-corrected chi connectivity index (χ3v) is 2.84. The molecule has 0 aliphatic heterocycles. The first kappa shape index (κ1) is 14.3. The molecule has 1 amide bonds. The summed E-state index contributed by atoms with van der Waals surface area (Å²) in [5.74, 6) is 4.86. The SMILES string of the molecule is CN(C(=O)C#Cc1ccc([N+](=O)[O-])cc1)c1ccccc1. The summed E-state index contributed by atoms with van der Waals surface area (Å²) in [4.78, 5) is 23.4. The Balaban J connectivity index is 2.11. The zero-order valence-corrected chi connectivity index (χ0v) is 11.3. The number of rotatable bonds is 2. The summed E-state index contributed by atoms with van der Waals surface area (Å²) in [6, 6.07) is 14.9. The highest BCUT2D eigenvalue weighted by Gasteiger charge is 2.07. The maximum Gasteiger partial charge on any atom is 0.302 e. The van der Waals surface area contributed by atoms with E-state index in [1.807, 2.05) is 30.3 Å². The smallest absolute Gasteiger partial charge is 0.302 e. The van der Waals surface area contributed by atoms with Gasteiger partial charge in [0.2, 0.25) is 0 Å². The highest BCUT2D eigenvalue weighted by atomic mass is 16.6. The number of nitro groups is 1. The molecule has 0 radical (unpaired) electrons. The average Bonchev–Trinajstić information content (AvgIpc) is 2.53. The van der Waals surface area contributed by atoms with Crippen LogP contribution in [0.3, 0.4) is 0 Å². The van der Waals surface area contributed by atoms with E-state index in [-0.39, 0.29) is 11.6 Å². The van der Waals surface area contributed by atoms with E-state index in [1.165, 1.54) is 29.2 Å². The predicted octanol–water partition coefficient (Wildman–Crippen LogP) is 2.61. The topological polar surface area (TPSA) is 63.5 Å². The summed E-state index contributed by atoms with van der Waals surface area (Å²) in [6.45, 7) is 0. The number of para-hydroxylation sites is 1. The van der Waals surface area contributed by atoms with Crippen LogP contribution in [0.1, 0.15) is 5.56 Å². The Labute approximate surface area is 122 Å². The van der Waals surface area contributed by atoms with Crippen molar-refractivity contribution in [2.45, 2.75) is 0 Å².